The summed E-state index contributed by atoms with van der Waals surface area (Å²) in [6.45, 7) is 0. The van der Waals surface area contributed by atoms with Crippen LogP contribution in [0.3, 0.4) is 0 Å². The molecule has 11 rings (SSSR count). The van der Waals surface area contributed by atoms with Crippen molar-refractivity contribution in [3.8, 4) is 23.6 Å². The Morgan fingerprint density at radius 2 is 0.667 bits per heavy atom. The Bertz CT molecular complexity index is 3690. The molecule has 0 N–H and O–H groups in total. The highest BCUT2D eigenvalue weighted by Crippen LogP contribution is 2.42. The quantitative estimate of drug-likeness (QED) is 0.0898. The molecule has 0 atom stereocenters. The van der Waals surface area contributed by atoms with E-state index in [1.54, 1.807) is 14.2 Å². The Balaban J connectivity index is 0.864. The number of methoxy groups -OCH3 is 2. The van der Waals surface area contributed by atoms with Crippen LogP contribution < -0.4 is 19.3 Å². The Hall–Kier alpha value is -9.88. The zero-order valence-electron chi connectivity index (χ0n) is 39.7. The Labute approximate surface area is 419 Å². The Kier molecular flexibility index (Phi) is 12.2. The zero-order valence-corrected chi connectivity index (χ0v) is 39.7. The number of ether oxygens (including phenoxy) is 2. The standard InChI is InChI=1S/C66H46N4O2/c1-71-55-35-31-53(32-36-55)69(65-15-7-11-49-9-3-5-13-57(49)65)51-27-21-45(22-28-51)17-19-47-25-39-59-61(41-47)63(43-67)60-40-26-48(42-62(60)64(59)44-68)20-18-46-23-29-52(30-24-46)70(54-33-37-56(72-2)38-34-54)66-16-8-12-50-10-4-6-14-58(50)66/h3-42H,1-2H3. The summed E-state index contributed by atoms with van der Waals surface area (Å²) in [6.07, 6.45) is 8.26. The minimum absolute atomic E-state index is 0.546. The van der Waals surface area contributed by atoms with Crippen LogP contribution >= 0.6 is 0 Å². The lowest BCUT2D eigenvalue weighted by Crippen LogP contribution is -2.10. The average Bonchev–Trinajstić information content (AvgIpc) is 3.44. The second-order valence-electron chi connectivity index (χ2n) is 17.5. The van der Waals surface area contributed by atoms with Crippen molar-refractivity contribution >= 4 is 102 Å². The maximum Gasteiger partial charge on any atom is 0.119 e. The van der Waals surface area contributed by atoms with E-state index in [-0.39, 0.29) is 0 Å². The van der Waals surface area contributed by atoms with Gasteiger partial charge in [0, 0.05) is 55.1 Å². The Morgan fingerprint density at radius 3 is 1.04 bits per heavy atom. The number of hydrogen-bond acceptors (Lipinski definition) is 6. The van der Waals surface area contributed by atoms with E-state index in [9.17, 15) is 10.5 Å². The van der Waals surface area contributed by atoms with Gasteiger partial charge in [-0.2, -0.15) is 10.5 Å². The van der Waals surface area contributed by atoms with E-state index in [2.05, 4.69) is 204 Å². The lowest BCUT2D eigenvalue weighted by molar-refractivity contribution is 0.414. The van der Waals surface area contributed by atoms with Crippen molar-refractivity contribution in [2.24, 2.45) is 0 Å². The van der Waals surface area contributed by atoms with Gasteiger partial charge in [0.25, 0.3) is 0 Å². The van der Waals surface area contributed by atoms with Crippen LogP contribution in [0.15, 0.2) is 218 Å². The van der Waals surface area contributed by atoms with E-state index < -0.39 is 0 Å². The van der Waals surface area contributed by atoms with Gasteiger partial charge in [-0.05, 0) is 130 Å². The number of nitriles is 2. The molecule has 0 heterocycles. The maximum atomic E-state index is 10.6. The third-order valence-electron chi connectivity index (χ3n) is 13.3. The van der Waals surface area contributed by atoms with E-state index in [4.69, 9.17) is 9.47 Å². The van der Waals surface area contributed by atoms with Gasteiger partial charge in [-0.15, -0.1) is 0 Å². The molecule has 0 saturated heterocycles. The molecule has 0 fully saturated rings. The normalized spacial score (nSPS) is 11.3. The van der Waals surface area contributed by atoms with Gasteiger partial charge in [0.15, 0.2) is 0 Å². The number of anilines is 6. The highest BCUT2D eigenvalue weighted by Gasteiger charge is 2.18. The van der Waals surface area contributed by atoms with Crippen molar-refractivity contribution in [1.82, 2.24) is 0 Å². The number of fused-ring (bicyclic) bond motifs is 4. The third-order valence-corrected chi connectivity index (χ3v) is 13.3. The smallest absolute Gasteiger partial charge is 0.119 e. The first-order chi connectivity index (χ1) is 35.5. The summed E-state index contributed by atoms with van der Waals surface area (Å²) in [4.78, 5) is 4.53. The van der Waals surface area contributed by atoms with Crippen LogP contribution in [0.5, 0.6) is 11.5 Å². The molecule has 72 heavy (non-hydrogen) atoms. The fraction of sp³-hybridized carbons (Fsp3) is 0.0303. The number of nitrogens with zero attached hydrogens (tertiary/aromatic N) is 4. The minimum atomic E-state index is 0.546. The summed E-state index contributed by atoms with van der Waals surface area (Å²) in [7, 11) is 3.36. The monoisotopic (exact) mass is 926 g/mol. The van der Waals surface area contributed by atoms with E-state index in [1.165, 1.54) is 10.8 Å². The number of hydrogen-bond donors (Lipinski definition) is 0. The fourth-order valence-electron chi connectivity index (χ4n) is 9.69. The number of benzene rings is 11. The largest absolute Gasteiger partial charge is 0.497 e. The van der Waals surface area contributed by atoms with Gasteiger partial charge < -0.3 is 19.3 Å². The first-order valence-electron chi connectivity index (χ1n) is 23.7. The average molecular weight is 927 g/mol. The van der Waals surface area contributed by atoms with Crippen molar-refractivity contribution in [3.63, 3.8) is 0 Å². The molecule has 0 saturated carbocycles. The fourth-order valence-corrected chi connectivity index (χ4v) is 9.69. The molecule has 6 nitrogen and oxygen atoms in total. The predicted octanol–water partition coefficient (Wildman–Crippen LogP) is 17.3. The third kappa shape index (κ3) is 8.62. The zero-order chi connectivity index (χ0) is 49.0. The van der Waals surface area contributed by atoms with Gasteiger partial charge in [-0.1, -0.05) is 146 Å². The molecule has 6 heteroatoms. The number of rotatable bonds is 12. The summed E-state index contributed by atoms with van der Waals surface area (Å²) >= 11 is 0. The van der Waals surface area contributed by atoms with Crippen molar-refractivity contribution in [2.75, 3.05) is 24.0 Å². The predicted molar refractivity (Wildman–Crippen MR) is 299 cm³/mol. The maximum absolute atomic E-state index is 10.6. The van der Waals surface area contributed by atoms with E-state index in [1.807, 2.05) is 60.7 Å². The SMILES string of the molecule is COc1ccc(N(c2ccc(C=Cc3ccc4c(C#N)c5cc(C=Cc6ccc(N(c7ccc(OC)cc7)c7cccc8ccccc78)cc6)ccc5c(C#N)c4c3)cc2)c2cccc3ccccc23)cc1. The second kappa shape index (κ2) is 19.6. The molecule has 342 valence electrons. The van der Waals surface area contributed by atoms with Gasteiger partial charge in [0.05, 0.1) is 36.7 Å². The molecular weight excluding hydrogens is 881 g/mol. The van der Waals surface area contributed by atoms with Crippen LogP contribution in [-0.2, 0) is 0 Å². The Morgan fingerprint density at radius 1 is 0.333 bits per heavy atom. The van der Waals surface area contributed by atoms with Gasteiger partial charge in [0.2, 0.25) is 0 Å². The summed E-state index contributed by atoms with van der Waals surface area (Å²) in [5, 5.41) is 28.9. The van der Waals surface area contributed by atoms with Crippen LogP contribution in [0.2, 0.25) is 0 Å². The molecular formula is C66H46N4O2. The van der Waals surface area contributed by atoms with E-state index in [0.29, 0.717) is 11.1 Å². The molecule has 0 radical (unpaired) electrons. The van der Waals surface area contributed by atoms with E-state index >= 15 is 0 Å². The van der Waals surface area contributed by atoms with Gasteiger partial charge in [0.1, 0.15) is 23.6 Å². The van der Waals surface area contributed by atoms with Gasteiger partial charge >= 0.3 is 0 Å². The highest BCUT2D eigenvalue weighted by molar-refractivity contribution is 6.10. The van der Waals surface area contributed by atoms with Crippen LogP contribution in [0.4, 0.5) is 34.1 Å². The molecule has 0 aromatic heterocycles. The molecule has 0 bridgehead atoms. The van der Waals surface area contributed by atoms with Crippen LogP contribution in [0.25, 0.3) is 67.4 Å². The topological polar surface area (TPSA) is 72.5 Å². The highest BCUT2D eigenvalue weighted by atomic mass is 16.5. The summed E-state index contributed by atoms with van der Waals surface area (Å²) in [6, 6.07) is 79.8. The molecule has 0 aliphatic heterocycles. The van der Waals surface area contributed by atoms with Crippen molar-refractivity contribution in [2.45, 2.75) is 0 Å². The molecule has 0 amide bonds. The lowest BCUT2D eigenvalue weighted by Gasteiger charge is -2.27. The van der Waals surface area contributed by atoms with Crippen molar-refractivity contribution in [3.05, 3.63) is 252 Å². The minimum Gasteiger partial charge on any atom is -0.497 e. The molecule has 11 aromatic carbocycles. The van der Waals surface area contributed by atoms with E-state index in [0.717, 1.165) is 100 Å². The van der Waals surface area contributed by atoms with Gasteiger partial charge in [-0.25, -0.2) is 0 Å². The first-order valence-corrected chi connectivity index (χ1v) is 23.7. The first kappa shape index (κ1) is 44.6. The lowest BCUT2D eigenvalue weighted by atomic mass is 9.90. The van der Waals surface area contributed by atoms with Crippen molar-refractivity contribution < 1.29 is 9.47 Å². The van der Waals surface area contributed by atoms with Crippen LogP contribution in [0, 0.1) is 22.7 Å². The molecule has 11 aromatic rings. The molecule has 0 aliphatic carbocycles. The van der Waals surface area contributed by atoms with Crippen LogP contribution in [0.1, 0.15) is 33.4 Å². The van der Waals surface area contributed by atoms with Gasteiger partial charge in [-0.3, -0.25) is 0 Å². The summed E-state index contributed by atoms with van der Waals surface area (Å²) in [5.41, 5.74) is 11.2. The molecule has 0 spiro atoms. The second-order valence-corrected chi connectivity index (χ2v) is 17.5. The molecule has 0 unspecified atom stereocenters. The van der Waals surface area contributed by atoms with Crippen molar-refractivity contribution in [1.29, 1.82) is 10.5 Å². The summed E-state index contributed by atoms with van der Waals surface area (Å²) in [5.74, 6) is 1.60. The van der Waals surface area contributed by atoms with Crippen LogP contribution in [-0.4, -0.2) is 14.2 Å². The molecule has 0 aliphatic rings. The summed E-state index contributed by atoms with van der Waals surface area (Å²) < 4.78 is 11.0.